The Morgan fingerprint density at radius 1 is 0.829 bits per heavy atom. The lowest BCUT2D eigenvalue weighted by molar-refractivity contribution is 0.0941. The van der Waals surface area contributed by atoms with Gasteiger partial charge in [0.1, 0.15) is 11.5 Å². The van der Waals surface area contributed by atoms with E-state index >= 15 is 0 Å². The van der Waals surface area contributed by atoms with E-state index in [0.717, 1.165) is 22.0 Å². The molecule has 2 heterocycles. The van der Waals surface area contributed by atoms with Crippen LogP contribution in [0.15, 0.2) is 102 Å². The molecule has 0 radical (unpaired) electrons. The summed E-state index contributed by atoms with van der Waals surface area (Å²) in [6, 6.07) is 26.3. The molecule has 2 aromatic heterocycles. The van der Waals surface area contributed by atoms with Crippen LogP contribution in [0.4, 0.5) is 10.1 Å². The molecule has 0 saturated heterocycles. The van der Waals surface area contributed by atoms with Crippen molar-refractivity contribution >= 4 is 28.4 Å². The summed E-state index contributed by atoms with van der Waals surface area (Å²) in [6.45, 7) is 0.694. The molecule has 6 nitrogen and oxygen atoms in total. The first-order valence-electron chi connectivity index (χ1n) is 11.1. The van der Waals surface area contributed by atoms with Crippen LogP contribution in [0, 0.1) is 5.82 Å². The Kier molecular flexibility index (Phi) is 6.13. The highest BCUT2D eigenvalue weighted by molar-refractivity contribution is 6.04. The van der Waals surface area contributed by atoms with Gasteiger partial charge in [-0.15, -0.1) is 0 Å². The van der Waals surface area contributed by atoms with Crippen LogP contribution in [0.2, 0.25) is 0 Å². The fourth-order valence-electron chi connectivity index (χ4n) is 3.99. The molecule has 0 aliphatic heterocycles. The second kappa shape index (κ2) is 9.69. The normalized spacial score (nSPS) is 10.9. The average Bonchev–Trinajstić information content (AvgIpc) is 3.52. The lowest BCUT2D eigenvalue weighted by Crippen LogP contribution is -2.25. The lowest BCUT2D eigenvalue weighted by atomic mass is 10.2. The number of halogens is 1. The molecule has 174 valence electrons. The summed E-state index contributed by atoms with van der Waals surface area (Å²) in [6.07, 6.45) is 1.44. The van der Waals surface area contributed by atoms with Crippen LogP contribution in [0.1, 0.15) is 32.2 Å². The molecular formula is C28H22FN3O3. The van der Waals surface area contributed by atoms with Crippen LogP contribution in [0.3, 0.4) is 0 Å². The number of anilines is 1. The Morgan fingerprint density at radius 3 is 2.43 bits per heavy atom. The third-order valence-corrected chi connectivity index (χ3v) is 5.66. The SMILES string of the molecule is O=C(Nc1ccc2c(c1)cc(C(=O)NCc1ccccc1)n2Cc1cccc(F)c1)c1ccco1. The molecule has 5 aromatic rings. The first-order valence-corrected chi connectivity index (χ1v) is 11.1. The van der Waals surface area contributed by atoms with Crippen LogP contribution in [-0.2, 0) is 13.1 Å². The van der Waals surface area contributed by atoms with E-state index in [1.807, 2.05) is 47.0 Å². The van der Waals surface area contributed by atoms with Crippen molar-refractivity contribution in [1.82, 2.24) is 9.88 Å². The summed E-state index contributed by atoms with van der Waals surface area (Å²) in [5.41, 5.74) is 3.51. The predicted molar refractivity (Wildman–Crippen MR) is 132 cm³/mol. The van der Waals surface area contributed by atoms with Crippen molar-refractivity contribution in [1.29, 1.82) is 0 Å². The van der Waals surface area contributed by atoms with Gasteiger partial charge in [0.05, 0.1) is 6.26 Å². The second-order valence-corrected chi connectivity index (χ2v) is 8.12. The number of hydrogen-bond acceptors (Lipinski definition) is 3. The van der Waals surface area contributed by atoms with E-state index in [1.165, 1.54) is 18.4 Å². The van der Waals surface area contributed by atoms with Crippen LogP contribution in [-0.4, -0.2) is 16.4 Å². The summed E-state index contributed by atoms with van der Waals surface area (Å²) in [5, 5.41) is 6.54. The highest BCUT2D eigenvalue weighted by atomic mass is 19.1. The smallest absolute Gasteiger partial charge is 0.291 e. The fraction of sp³-hybridized carbons (Fsp3) is 0.0714. The van der Waals surface area contributed by atoms with Crippen LogP contribution >= 0.6 is 0 Å². The average molecular weight is 468 g/mol. The number of nitrogens with zero attached hydrogens (tertiary/aromatic N) is 1. The van der Waals surface area contributed by atoms with Gasteiger partial charge >= 0.3 is 0 Å². The molecule has 0 unspecified atom stereocenters. The van der Waals surface area contributed by atoms with E-state index in [2.05, 4.69) is 10.6 Å². The van der Waals surface area contributed by atoms with Gasteiger partial charge < -0.3 is 19.6 Å². The second-order valence-electron chi connectivity index (χ2n) is 8.12. The maximum Gasteiger partial charge on any atom is 0.291 e. The molecule has 0 atom stereocenters. The maximum absolute atomic E-state index is 13.8. The zero-order valence-corrected chi connectivity index (χ0v) is 18.7. The minimum atomic E-state index is -0.366. The number of carbonyl (C=O) groups excluding carboxylic acids is 2. The number of rotatable bonds is 7. The van der Waals surface area contributed by atoms with Gasteiger partial charge in [0.2, 0.25) is 0 Å². The molecule has 2 N–H and O–H groups in total. The Balaban J connectivity index is 1.47. The van der Waals surface area contributed by atoms with E-state index in [4.69, 9.17) is 4.42 Å². The molecule has 0 saturated carbocycles. The van der Waals surface area contributed by atoms with Gasteiger partial charge in [-0.1, -0.05) is 42.5 Å². The molecule has 0 aliphatic rings. The highest BCUT2D eigenvalue weighted by Gasteiger charge is 2.17. The first-order chi connectivity index (χ1) is 17.1. The van der Waals surface area contributed by atoms with Gasteiger partial charge in [0.25, 0.3) is 11.8 Å². The molecule has 0 bridgehead atoms. The van der Waals surface area contributed by atoms with Gasteiger partial charge in [-0.2, -0.15) is 0 Å². The van der Waals surface area contributed by atoms with Crippen LogP contribution in [0.5, 0.6) is 0 Å². The van der Waals surface area contributed by atoms with Crippen molar-refractivity contribution in [3.63, 3.8) is 0 Å². The van der Waals surface area contributed by atoms with Crippen LogP contribution in [0.25, 0.3) is 10.9 Å². The molecule has 3 aromatic carbocycles. The number of hydrogen-bond donors (Lipinski definition) is 2. The van der Waals surface area contributed by atoms with Gasteiger partial charge in [0.15, 0.2) is 5.76 Å². The predicted octanol–water partition coefficient (Wildman–Crippen LogP) is 5.60. The van der Waals surface area contributed by atoms with E-state index in [-0.39, 0.29) is 23.4 Å². The number of fused-ring (bicyclic) bond motifs is 1. The zero-order chi connectivity index (χ0) is 24.2. The van der Waals surface area contributed by atoms with E-state index in [1.54, 1.807) is 36.4 Å². The quantitative estimate of drug-likeness (QED) is 0.327. The summed E-state index contributed by atoms with van der Waals surface area (Å²) in [5.74, 6) is -0.747. The van der Waals surface area contributed by atoms with Crippen molar-refractivity contribution in [2.75, 3.05) is 5.32 Å². The molecular weight excluding hydrogens is 445 g/mol. The monoisotopic (exact) mass is 467 g/mol. The van der Waals surface area contributed by atoms with Crippen molar-refractivity contribution in [2.24, 2.45) is 0 Å². The fourth-order valence-corrected chi connectivity index (χ4v) is 3.99. The van der Waals surface area contributed by atoms with Gasteiger partial charge in [-0.3, -0.25) is 9.59 Å². The Bertz CT molecular complexity index is 1490. The van der Waals surface area contributed by atoms with Crippen molar-refractivity contribution in [3.05, 3.63) is 126 Å². The molecule has 2 amide bonds. The largest absolute Gasteiger partial charge is 0.459 e. The number of furan rings is 1. The number of amides is 2. The summed E-state index contributed by atoms with van der Waals surface area (Å²) in [4.78, 5) is 25.6. The number of nitrogens with one attached hydrogen (secondary N) is 2. The van der Waals surface area contributed by atoms with Crippen LogP contribution < -0.4 is 10.6 Å². The Morgan fingerprint density at radius 2 is 1.66 bits per heavy atom. The standard InChI is InChI=1S/C28H22FN3O3/c29-22-9-4-8-20(14-22)18-32-24-12-11-23(31-28(34)26-10-5-13-35-26)15-21(24)16-25(32)27(33)30-17-19-6-2-1-3-7-19/h1-16H,17-18H2,(H,30,33)(H,31,34). The van der Waals surface area contributed by atoms with E-state index < -0.39 is 0 Å². The number of aromatic nitrogens is 1. The Hall–Kier alpha value is -4.65. The highest BCUT2D eigenvalue weighted by Crippen LogP contribution is 2.26. The zero-order valence-electron chi connectivity index (χ0n) is 18.7. The van der Waals surface area contributed by atoms with Gasteiger partial charge in [-0.05, 0) is 59.7 Å². The van der Waals surface area contributed by atoms with Crippen molar-refractivity contribution in [3.8, 4) is 0 Å². The number of benzene rings is 3. The maximum atomic E-state index is 13.8. The summed E-state index contributed by atoms with van der Waals surface area (Å²) in [7, 11) is 0. The molecule has 5 rings (SSSR count). The topological polar surface area (TPSA) is 76.3 Å². The number of carbonyl (C=O) groups is 2. The van der Waals surface area contributed by atoms with E-state index in [0.29, 0.717) is 24.5 Å². The molecule has 0 spiro atoms. The molecule has 0 fully saturated rings. The molecule has 35 heavy (non-hydrogen) atoms. The first kappa shape index (κ1) is 22.2. The van der Waals surface area contributed by atoms with Crippen molar-refractivity contribution < 1.29 is 18.4 Å². The van der Waals surface area contributed by atoms with Gasteiger partial charge in [-0.25, -0.2) is 4.39 Å². The third kappa shape index (κ3) is 4.99. The van der Waals surface area contributed by atoms with Gasteiger partial charge in [0, 0.05) is 29.7 Å². The summed E-state index contributed by atoms with van der Waals surface area (Å²) < 4.78 is 20.8. The van der Waals surface area contributed by atoms with E-state index in [9.17, 15) is 14.0 Å². The Labute approximate surface area is 201 Å². The van der Waals surface area contributed by atoms with Crippen molar-refractivity contribution in [2.45, 2.75) is 13.1 Å². The third-order valence-electron chi connectivity index (χ3n) is 5.66. The molecule has 7 heteroatoms. The minimum absolute atomic E-state index is 0.203. The molecule has 0 aliphatic carbocycles. The minimum Gasteiger partial charge on any atom is -0.459 e. The summed E-state index contributed by atoms with van der Waals surface area (Å²) >= 11 is 0. The lowest BCUT2D eigenvalue weighted by Gasteiger charge is -2.12.